The lowest BCUT2D eigenvalue weighted by Gasteiger charge is -1.84. The second-order valence-corrected chi connectivity index (χ2v) is 1.70. The maximum atomic E-state index is 4.55. The normalized spacial score (nSPS) is 8.40. The van der Waals surface area contributed by atoms with Gasteiger partial charge in [-0.15, -0.1) is 0 Å². The van der Waals surface area contributed by atoms with Gasteiger partial charge in [0.1, 0.15) is 0 Å². The van der Waals surface area contributed by atoms with Gasteiger partial charge in [-0.2, -0.15) is 0 Å². The van der Waals surface area contributed by atoms with Gasteiger partial charge in [-0.3, -0.25) is 0 Å². The highest BCUT2D eigenvalue weighted by molar-refractivity contribution is 6.17. The van der Waals surface area contributed by atoms with Gasteiger partial charge < -0.3 is 8.85 Å². The van der Waals surface area contributed by atoms with E-state index >= 15 is 0 Å². The van der Waals surface area contributed by atoms with Gasteiger partial charge in [0.15, 0.2) is 0 Å². The van der Waals surface area contributed by atoms with E-state index < -0.39 is 0 Å². The first-order valence-electron chi connectivity index (χ1n) is 1.29. The quantitative estimate of drug-likeness (QED) is 0.428. The molecule has 0 aromatic rings. The van der Waals surface area contributed by atoms with Crippen LogP contribution < -0.4 is 0 Å². The zero-order valence-corrected chi connectivity index (χ0v) is 4.55. The third kappa shape index (κ3) is 4.14. The van der Waals surface area contributed by atoms with Gasteiger partial charge in [-0.1, -0.05) is 0 Å². The summed E-state index contributed by atoms with van der Waals surface area (Å²) in [5.41, 5.74) is 0. The molecular weight excluding hydrogens is 84.1 g/mol. The predicted octanol–water partition coefficient (Wildman–Crippen LogP) is -0.454. The summed E-state index contributed by atoms with van der Waals surface area (Å²) in [4.78, 5) is 0. The monoisotopic (exact) mass is 91.0 g/mol. The highest BCUT2D eigenvalue weighted by atomic mass is 28.3. The van der Waals surface area contributed by atoms with Crippen LogP contribution in [0.15, 0.2) is 0 Å². The van der Waals surface area contributed by atoms with Crippen LogP contribution in [0.25, 0.3) is 0 Å². The predicted molar refractivity (Wildman–Crippen MR) is 21.2 cm³/mol. The van der Waals surface area contributed by atoms with Gasteiger partial charge in [0.2, 0.25) is 0 Å². The smallest absolute Gasteiger partial charge is 0.364 e. The van der Waals surface area contributed by atoms with Crippen molar-refractivity contribution in [3.05, 3.63) is 0 Å². The second-order valence-electron chi connectivity index (χ2n) is 0.568. The molecule has 5 heavy (non-hydrogen) atoms. The number of hydrogen-bond acceptors (Lipinski definition) is 2. The molecule has 0 N–H and O–H groups in total. The Morgan fingerprint density at radius 3 is 1.60 bits per heavy atom. The molecule has 0 saturated heterocycles. The van der Waals surface area contributed by atoms with Crippen molar-refractivity contribution >= 4 is 10.0 Å². The minimum absolute atomic E-state index is 0.185. The van der Waals surface area contributed by atoms with Crippen molar-refractivity contribution in [2.45, 2.75) is 0 Å². The van der Waals surface area contributed by atoms with E-state index in [0.717, 1.165) is 0 Å². The van der Waals surface area contributed by atoms with Crippen LogP contribution in [0.5, 0.6) is 0 Å². The summed E-state index contributed by atoms with van der Waals surface area (Å²) in [6.07, 6.45) is 0. The molecular formula is C2H7O2Si. The molecule has 0 aliphatic rings. The molecule has 0 spiro atoms. The standard InChI is InChI=1S/C2H7O2Si/c1-3-5-4-2/h5H,1-2H3. The first-order chi connectivity index (χ1) is 2.41. The zero-order chi connectivity index (χ0) is 4.12. The lowest BCUT2D eigenvalue weighted by Crippen LogP contribution is -1.93. The largest absolute Gasteiger partial charge is 0.399 e. The fraction of sp³-hybridized carbons (Fsp3) is 1.00. The Labute approximate surface area is 34.2 Å². The molecule has 0 aliphatic heterocycles. The van der Waals surface area contributed by atoms with Crippen LogP contribution in [0.3, 0.4) is 0 Å². The van der Waals surface area contributed by atoms with Crippen LogP contribution in [-0.2, 0) is 8.85 Å². The van der Waals surface area contributed by atoms with Gasteiger partial charge in [-0.05, 0) is 0 Å². The fourth-order valence-corrected chi connectivity index (χ4v) is 0.289. The summed E-state index contributed by atoms with van der Waals surface area (Å²) in [7, 11) is 3.06. The second kappa shape index (κ2) is 4.14. The van der Waals surface area contributed by atoms with E-state index in [-0.39, 0.29) is 10.0 Å². The first-order valence-corrected chi connectivity index (χ1v) is 2.23. The highest BCUT2D eigenvalue weighted by Crippen LogP contribution is 1.55. The molecule has 0 aromatic carbocycles. The Hall–Kier alpha value is 0.137. The van der Waals surface area contributed by atoms with Crippen molar-refractivity contribution in [1.29, 1.82) is 0 Å². The Kier molecular flexibility index (Phi) is 4.25. The third-order valence-corrected chi connectivity index (χ3v) is 0.577. The van der Waals surface area contributed by atoms with E-state index in [4.69, 9.17) is 0 Å². The van der Waals surface area contributed by atoms with Crippen molar-refractivity contribution in [3.8, 4) is 0 Å². The summed E-state index contributed by atoms with van der Waals surface area (Å²) in [5.74, 6) is 0. The average molecular weight is 91.2 g/mol. The average Bonchev–Trinajstić information content (AvgIpc) is 1.41. The summed E-state index contributed by atoms with van der Waals surface area (Å²) in [6.45, 7) is 0. The molecule has 1 radical (unpaired) electrons. The molecule has 31 valence electrons. The van der Waals surface area contributed by atoms with Gasteiger partial charge >= 0.3 is 10.0 Å². The zero-order valence-electron chi connectivity index (χ0n) is 3.39. The molecule has 0 heterocycles. The first kappa shape index (κ1) is 5.14. The van der Waals surface area contributed by atoms with Crippen molar-refractivity contribution < 1.29 is 8.85 Å². The minimum atomic E-state index is -0.185. The van der Waals surface area contributed by atoms with Crippen LogP contribution in [-0.4, -0.2) is 24.2 Å². The molecule has 0 unspecified atom stereocenters. The van der Waals surface area contributed by atoms with Gasteiger partial charge in [-0.25, -0.2) is 0 Å². The summed E-state index contributed by atoms with van der Waals surface area (Å²) in [6, 6.07) is 0. The van der Waals surface area contributed by atoms with Crippen LogP contribution in [0, 0.1) is 0 Å². The number of hydrogen-bond donors (Lipinski definition) is 0. The van der Waals surface area contributed by atoms with Crippen molar-refractivity contribution in [1.82, 2.24) is 0 Å². The SMILES string of the molecule is CO[SiH]OC. The molecule has 0 aliphatic carbocycles. The Bertz CT molecular complexity index is 15.1. The van der Waals surface area contributed by atoms with Crippen LogP contribution in [0.2, 0.25) is 0 Å². The van der Waals surface area contributed by atoms with E-state index in [1.54, 1.807) is 14.2 Å². The molecule has 0 fully saturated rings. The topological polar surface area (TPSA) is 18.5 Å². The van der Waals surface area contributed by atoms with Gasteiger partial charge in [0, 0.05) is 14.2 Å². The van der Waals surface area contributed by atoms with Crippen LogP contribution >= 0.6 is 0 Å². The van der Waals surface area contributed by atoms with E-state index in [2.05, 4.69) is 8.85 Å². The molecule has 0 aromatic heterocycles. The molecule has 0 amide bonds. The fourth-order valence-electron chi connectivity index (χ4n) is 0.0962. The van der Waals surface area contributed by atoms with Crippen LogP contribution in [0.4, 0.5) is 0 Å². The Morgan fingerprint density at radius 1 is 1.20 bits per heavy atom. The summed E-state index contributed by atoms with van der Waals surface area (Å²) >= 11 is 0. The van der Waals surface area contributed by atoms with Crippen LogP contribution in [0.1, 0.15) is 0 Å². The van der Waals surface area contributed by atoms with Crippen molar-refractivity contribution in [2.24, 2.45) is 0 Å². The lowest BCUT2D eigenvalue weighted by molar-refractivity contribution is 0.309. The summed E-state index contributed by atoms with van der Waals surface area (Å²) in [5, 5.41) is 0. The maximum absolute atomic E-state index is 4.55. The lowest BCUT2D eigenvalue weighted by atomic mass is 11.8. The van der Waals surface area contributed by atoms with E-state index in [1.807, 2.05) is 0 Å². The molecule has 3 heteroatoms. The van der Waals surface area contributed by atoms with E-state index in [0.29, 0.717) is 0 Å². The Balaban J connectivity index is 2.19. The van der Waals surface area contributed by atoms with Crippen molar-refractivity contribution in [2.75, 3.05) is 14.2 Å². The van der Waals surface area contributed by atoms with Crippen molar-refractivity contribution in [3.63, 3.8) is 0 Å². The van der Waals surface area contributed by atoms with E-state index in [1.165, 1.54) is 0 Å². The van der Waals surface area contributed by atoms with E-state index in [9.17, 15) is 0 Å². The summed E-state index contributed by atoms with van der Waals surface area (Å²) < 4.78 is 9.10. The molecule has 0 saturated carbocycles. The number of rotatable bonds is 2. The molecule has 0 atom stereocenters. The van der Waals surface area contributed by atoms with Gasteiger partial charge in [0.05, 0.1) is 0 Å². The Morgan fingerprint density at radius 2 is 1.60 bits per heavy atom. The highest BCUT2D eigenvalue weighted by Gasteiger charge is 1.70. The third-order valence-electron chi connectivity index (χ3n) is 0.192. The molecule has 2 nitrogen and oxygen atoms in total. The maximum Gasteiger partial charge on any atom is 0.364 e. The van der Waals surface area contributed by atoms with Gasteiger partial charge in [0.25, 0.3) is 0 Å². The minimum Gasteiger partial charge on any atom is -0.399 e. The molecule has 0 bridgehead atoms. The molecule has 0 rings (SSSR count).